The van der Waals surface area contributed by atoms with Gasteiger partial charge in [0.1, 0.15) is 5.75 Å². The van der Waals surface area contributed by atoms with Gasteiger partial charge in [-0.15, -0.1) is 0 Å². The lowest BCUT2D eigenvalue weighted by Gasteiger charge is -2.39. The number of nitrogens with zero attached hydrogens (tertiary/aromatic N) is 1. The molecule has 3 heteroatoms. The molecule has 1 amide bonds. The lowest BCUT2D eigenvalue weighted by Crippen LogP contribution is -2.40. The van der Waals surface area contributed by atoms with Gasteiger partial charge in [0.05, 0.1) is 0 Å². The number of carbonyl (C=O) groups excluding carboxylic acids is 1. The Kier molecular flexibility index (Phi) is 3.94. The molecule has 3 nitrogen and oxygen atoms in total. The van der Waals surface area contributed by atoms with Crippen LogP contribution in [0.5, 0.6) is 5.75 Å². The minimum absolute atomic E-state index is 0.138. The summed E-state index contributed by atoms with van der Waals surface area (Å²) < 4.78 is 5.88. The third-order valence-corrected chi connectivity index (χ3v) is 5.48. The molecule has 1 aliphatic carbocycles. The second-order valence-electron chi connectivity index (χ2n) is 8.74. The Morgan fingerprint density at radius 1 is 1.22 bits per heavy atom. The quantitative estimate of drug-likeness (QED) is 0.840. The minimum Gasteiger partial charge on any atom is -0.483 e. The molecule has 1 aliphatic heterocycles. The Hall–Kier alpha value is -1.51. The largest absolute Gasteiger partial charge is 0.483 e. The van der Waals surface area contributed by atoms with E-state index in [9.17, 15) is 4.79 Å². The van der Waals surface area contributed by atoms with Crippen LogP contribution < -0.4 is 4.74 Å². The Morgan fingerprint density at radius 2 is 1.87 bits per heavy atom. The number of para-hydroxylation sites is 1. The maximum atomic E-state index is 12.7. The monoisotopic (exact) mass is 315 g/mol. The zero-order valence-electron chi connectivity index (χ0n) is 15.1. The van der Waals surface area contributed by atoms with Gasteiger partial charge in [0.15, 0.2) is 6.61 Å². The van der Waals surface area contributed by atoms with E-state index >= 15 is 0 Å². The molecule has 0 unspecified atom stereocenters. The Morgan fingerprint density at radius 3 is 2.52 bits per heavy atom. The molecule has 2 atom stereocenters. The Bertz CT molecular complexity index is 602. The second kappa shape index (κ2) is 5.54. The van der Waals surface area contributed by atoms with E-state index in [0.29, 0.717) is 11.5 Å². The molecular formula is C20H29NO2. The summed E-state index contributed by atoms with van der Waals surface area (Å²) in [6.45, 7) is 12.1. The smallest absolute Gasteiger partial charge is 0.260 e. The van der Waals surface area contributed by atoms with Gasteiger partial charge in [0.2, 0.25) is 0 Å². The van der Waals surface area contributed by atoms with E-state index in [4.69, 9.17) is 4.74 Å². The fourth-order valence-corrected chi connectivity index (χ4v) is 5.00. The molecule has 2 fully saturated rings. The first-order valence-electron chi connectivity index (χ1n) is 8.68. The lowest BCUT2D eigenvalue weighted by molar-refractivity contribution is -0.134. The van der Waals surface area contributed by atoms with Crippen molar-refractivity contribution in [2.45, 2.75) is 59.9 Å². The van der Waals surface area contributed by atoms with Crippen LogP contribution in [0.4, 0.5) is 0 Å². The zero-order chi connectivity index (χ0) is 16.8. The second-order valence-corrected chi connectivity index (χ2v) is 8.74. The van der Waals surface area contributed by atoms with E-state index in [0.717, 1.165) is 36.3 Å². The number of fused-ring (bicyclic) bond motifs is 2. The minimum atomic E-state index is 0.138. The summed E-state index contributed by atoms with van der Waals surface area (Å²) in [5.41, 5.74) is 2.79. The van der Waals surface area contributed by atoms with E-state index in [1.54, 1.807) is 0 Å². The van der Waals surface area contributed by atoms with Gasteiger partial charge in [0.25, 0.3) is 5.91 Å². The van der Waals surface area contributed by atoms with Crippen molar-refractivity contribution >= 4 is 5.91 Å². The van der Waals surface area contributed by atoms with Crippen molar-refractivity contribution in [1.82, 2.24) is 4.90 Å². The molecule has 1 aromatic rings. The highest BCUT2D eigenvalue weighted by Gasteiger charge is 2.50. The number of benzene rings is 1. The van der Waals surface area contributed by atoms with Crippen molar-refractivity contribution < 1.29 is 9.53 Å². The van der Waals surface area contributed by atoms with Crippen molar-refractivity contribution in [1.29, 1.82) is 0 Å². The molecule has 1 saturated carbocycles. The molecular weight excluding hydrogens is 286 g/mol. The number of carbonyl (C=O) groups is 1. The number of hydrogen-bond acceptors (Lipinski definition) is 2. The molecule has 1 saturated heterocycles. The molecule has 0 N–H and O–H groups in total. The maximum Gasteiger partial charge on any atom is 0.260 e. The molecule has 0 radical (unpaired) electrons. The zero-order valence-corrected chi connectivity index (χ0v) is 15.1. The van der Waals surface area contributed by atoms with Crippen molar-refractivity contribution in [3.05, 3.63) is 29.3 Å². The number of aryl methyl sites for hydroxylation is 2. The molecule has 2 bridgehead atoms. The molecule has 2 aliphatic rings. The summed E-state index contributed by atoms with van der Waals surface area (Å²) in [6, 6.07) is 6.46. The normalized spacial score (nSPS) is 28.7. The molecule has 0 aromatic heterocycles. The molecule has 1 heterocycles. The van der Waals surface area contributed by atoms with Crippen LogP contribution in [0.15, 0.2) is 18.2 Å². The van der Waals surface area contributed by atoms with Crippen molar-refractivity contribution in [2.24, 2.45) is 10.8 Å². The van der Waals surface area contributed by atoms with Gasteiger partial charge in [-0.2, -0.15) is 0 Å². The predicted octanol–water partition coefficient (Wildman–Crippen LogP) is 4.11. The average molecular weight is 315 g/mol. The number of hydrogen-bond donors (Lipinski definition) is 0. The van der Waals surface area contributed by atoms with Crippen LogP contribution in [0.25, 0.3) is 0 Å². The standard InChI is InChI=1S/C20H29NO2/c1-14-7-6-8-15(2)18(14)23-11-17(22)21-13-20(5)10-16(21)9-19(3,4)12-20/h6-8,16H,9-13H2,1-5H3/t16-,20+/m1/s1. The van der Waals surface area contributed by atoms with Crippen molar-refractivity contribution in [3.63, 3.8) is 0 Å². The van der Waals surface area contributed by atoms with Crippen molar-refractivity contribution in [2.75, 3.05) is 13.2 Å². The van der Waals surface area contributed by atoms with Gasteiger partial charge < -0.3 is 9.64 Å². The maximum absolute atomic E-state index is 12.7. The average Bonchev–Trinajstić information content (AvgIpc) is 2.67. The van der Waals surface area contributed by atoms with E-state index in [2.05, 4.69) is 25.7 Å². The summed E-state index contributed by atoms with van der Waals surface area (Å²) in [7, 11) is 0. The first-order valence-corrected chi connectivity index (χ1v) is 8.68. The first-order chi connectivity index (χ1) is 10.7. The lowest BCUT2D eigenvalue weighted by atomic mass is 9.65. The number of amides is 1. The molecule has 3 rings (SSSR count). The van der Waals surface area contributed by atoms with Crippen LogP contribution in [0, 0.1) is 24.7 Å². The van der Waals surface area contributed by atoms with Gasteiger partial charge in [-0.3, -0.25) is 4.79 Å². The van der Waals surface area contributed by atoms with Crippen LogP contribution in [0.3, 0.4) is 0 Å². The van der Waals surface area contributed by atoms with Crippen LogP contribution in [0.1, 0.15) is 51.2 Å². The molecule has 23 heavy (non-hydrogen) atoms. The van der Waals surface area contributed by atoms with Crippen LogP contribution in [-0.2, 0) is 4.79 Å². The molecule has 126 valence electrons. The predicted molar refractivity (Wildman–Crippen MR) is 92.7 cm³/mol. The number of likely N-dealkylation sites (tertiary alicyclic amines) is 1. The third-order valence-electron chi connectivity index (χ3n) is 5.48. The van der Waals surface area contributed by atoms with Crippen LogP contribution in [0.2, 0.25) is 0 Å². The van der Waals surface area contributed by atoms with Gasteiger partial charge in [-0.25, -0.2) is 0 Å². The van der Waals surface area contributed by atoms with Gasteiger partial charge in [0, 0.05) is 12.6 Å². The highest BCUT2D eigenvalue weighted by atomic mass is 16.5. The highest BCUT2D eigenvalue weighted by molar-refractivity contribution is 5.78. The summed E-state index contributed by atoms with van der Waals surface area (Å²) in [6.07, 6.45) is 3.46. The highest BCUT2D eigenvalue weighted by Crippen LogP contribution is 2.52. The summed E-state index contributed by atoms with van der Waals surface area (Å²) in [5, 5.41) is 0. The summed E-state index contributed by atoms with van der Waals surface area (Å²) >= 11 is 0. The molecule has 0 spiro atoms. The van der Waals surface area contributed by atoms with Gasteiger partial charge in [-0.1, -0.05) is 39.0 Å². The van der Waals surface area contributed by atoms with Crippen molar-refractivity contribution in [3.8, 4) is 5.75 Å². The topological polar surface area (TPSA) is 29.5 Å². The summed E-state index contributed by atoms with van der Waals surface area (Å²) in [5.74, 6) is 0.994. The van der Waals surface area contributed by atoms with E-state index in [1.165, 1.54) is 6.42 Å². The SMILES string of the molecule is Cc1cccc(C)c1OCC(=O)N1C[C@@]2(C)C[C@H]1CC(C)(C)C2. The Labute approximate surface area is 140 Å². The fraction of sp³-hybridized carbons (Fsp3) is 0.650. The summed E-state index contributed by atoms with van der Waals surface area (Å²) in [4.78, 5) is 14.8. The Balaban J connectivity index is 1.68. The number of ether oxygens (including phenoxy) is 1. The van der Waals surface area contributed by atoms with E-state index in [-0.39, 0.29) is 17.9 Å². The van der Waals surface area contributed by atoms with E-state index < -0.39 is 0 Å². The van der Waals surface area contributed by atoms with Crippen LogP contribution >= 0.6 is 0 Å². The van der Waals surface area contributed by atoms with E-state index in [1.807, 2.05) is 32.0 Å². The van der Waals surface area contributed by atoms with Gasteiger partial charge in [-0.05, 0) is 55.1 Å². The first kappa shape index (κ1) is 16.4. The van der Waals surface area contributed by atoms with Crippen LogP contribution in [-0.4, -0.2) is 30.0 Å². The fourth-order valence-electron chi connectivity index (χ4n) is 5.00. The van der Waals surface area contributed by atoms with Gasteiger partial charge >= 0.3 is 0 Å². The molecule has 1 aromatic carbocycles. The number of rotatable bonds is 3. The third kappa shape index (κ3) is 3.24.